The maximum atomic E-state index is 12.6. The first kappa shape index (κ1) is 20.3. The van der Waals surface area contributed by atoms with Crippen LogP contribution >= 0.6 is 0 Å². The fourth-order valence-corrected chi connectivity index (χ4v) is 3.07. The standard InChI is InChI=1S/C20H30N2O4/c1-5-10-26-18-7-6-16(13-19(18)24-4)20(23)21-14-17(15(2)3)22-8-11-25-12-9-22/h5-7,13,15,17H,1,8-12,14H2,2-4H3,(H,21,23). The van der Waals surface area contributed by atoms with Gasteiger partial charge in [-0.1, -0.05) is 26.5 Å². The quantitative estimate of drug-likeness (QED) is 0.684. The molecule has 1 aromatic carbocycles. The van der Waals surface area contributed by atoms with Gasteiger partial charge in [0.1, 0.15) is 6.61 Å². The van der Waals surface area contributed by atoms with Crippen LogP contribution in [0.5, 0.6) is 11.5 Å². The van der Waals surface area contributed by atoms with Crippen LogP contribution < -0.4 is 14.8 Å². The molecule has 0 aromatic heterocycles. The van der Waals surface area contributed by atoms with Gasteiger partial charge in [0.2, 0.25) is 0 Å². The molecule has 6 nitrogen and oxygen atoms in total. The summed E-state index contributed by atoms with van der Waals surface area (Å²) in [5, 5.41) is 3.06. The van der Waals surface area contributed by atoms with E-state index in [0.29, 0.717) is 42.2 Å². The summed E-state index contributed by atoms with van der Waals surface area (Å²) in [4.78, 5) is 15.0. The Morgan fingerprint density at radius 3 is 2.69 bits per heavy atom. The molecule has 1 aliphatic rings. The van der Waals surface area contributed by atoms with E-state index >= 15 is 0 Å². The van der Waals surface area contributed by atoms with Crippen LogP contribution in [0.4, 0.5) is 0 Å². The molecular formula is C20H30N2O4. The van der Waals surface area contributed by atoms with Gasteiger partial charge in [-0.25, -0.2) is 0 Å². The van der Waals surface area contributed by atoms with Gasteiger partial charge in [-0.15, -0.1) is 0 Å². The Hall–Kier alpha value is -2.05. The molecule has 1 aromatic rings. The van der Waals surface area contributed by atoms with Crippen LogP contribution in [0.2, 0.25) is 0 Å². The molecule has 26 heavy (non-hydrogen) atoms. The minimum Gasteiger partial charge on any atom is -0.493 e. The molecule has 1 atom stereocenters. The Kier molecular flexibility index (Phi) is 7.94. The fourth-order valence-electron chi connectivity index (χ4n) is 3.07. The highest BCUT2D eigenvalue weighted by molar-refractivity contribution is 5.94. The summed E-state index contributed by atoms with van der Waals surface area (Å²) >= 11 is 0. The lowest BCUT2D eigenvalue weighted by molar-refractivity contribution is 0.00672. The highest BCUT2D eigenvalue weighted by atomic mass is 16.5. The molecule has 1 amide bonds. The van der Waals surface area contributed by atoms with Crippen molar-refractivity contribution in [3.63, 3.8) is 0 Å². The number of morpholine rings is 1. The highest BCUT2D eigenvalue weighted by Crippen LogP contribution is 2.28. The van der Waals surface area contributed by atoms with Crippen molar-refractivity contribution in [3.8, 4) is 11.5 Å². The first-order chi connectivity index (χ1) is 12.6. The number of nitrogens with zero attached hydrogens (tertiary/aromatic N) is 1. The summed E-state index contributed by atoms with van der Waals surface area (Å²) in [5.74, 6) is 1.46. The average Bonchev–Trinajstić information content (AvgIpc) is 2.66. The predicted octanol–water partition coefficient (Wildman–Crippen LogP) is 2.35. The Labute approximate surface area is 156 Å². The molecule has 144 valence electrons. The number of ether oxygens (including phenoxy) is 3. The SMILES string of the molecule is C=CCOc1ccc(C(=O)NCC(C(C)C)N2CCOCC2)cc1OC. The van der Waals surface area contributed by atoms with Crippen molar-refractivity contribution in [1.29, 1.82) is 0 Å². The third kappa shape index (κ3) is 5.47. The molecule has 0 spiro atoms. The molecule has 0 aliphatic carbocycles. The van der Waals surface area contributed by atoms with Crippen LogP contribution in [0, 0.1) is 5.92 Å². The normalized spacial score (nSPS) is 16.2. The zero-order chi connectivity index (χ0) is 18.9. The van der Waals surface area contributed by atoms with Crippen molar-refractivity contribution < 1.29 is 19.0 Å². The third-order valence-corrected chi connectivity index (χ3v) is 4.54. The minimum atomic E-state index is -0.113. The molecule has 2 rings (SSSR count). The lowest BCUT2D eigenvalue weighted by atomic mass is 10.0. The molecule has 1 unspecified atom stereocenters. The molecular weight excluding hydrogens is 332 g/mol. The molecule has 1 fully saturated rings. The lowest BCUT2D eigenvalue weighted by Gasteiger charge is -2.36. The van der Waals surface area contributed by atoms with Crippen molar-refractivity contribution in [2.45, 2.75) is 19.9 Å². The zero-order valence-corrected chi connectivity index (χ0v) is 16.0. The van der Waals surface area contributed by atoms with E-state index < -0.39 is 0 Å². The summed E-state index contributed by atoms with van der Waals surface area (Å²) in [7, 11) is 1.56. The van der Waals surface area contributed by atoms with Crippen molar-refractivity contribution in [1.82, 2.24) is 10.2 Å². The number of hydrogen-bond donors (Lipinski definition) is 1. The van der Waals surface area contributed by atoms with Crippen molar-refractivity contribution in [2.75, 3.05) is 46.6 Å². The van der Waals surface area contributed by atoms with Crippen LogP contribution in [0.25, 0.3) is 0 Å². The molecule has 1 aliphatic heterocycles. The molecule has 0 radical (unpaired) electrons. The largest absolute Gasteiger partial charge is 0.493 e. The first-order valence-corrected chi connectivity index (χ1v) is 9.08. The number of methoxy groups -OCH3 is 1. The molecule has 1 saturated heterocycles. The Balaban J connectivity index is 2.00. The second kappa shape index (κ2) is 10.2. The molecule has 0 saturated carbocycles. The smallest absolute Gasteiger partial charge is 0.251 e. The van der Waals surface area contributed by atoms with Crippen LogP contribution in [0.15, 0.2) is 30.9 Å². The van der Waals surface area contributed by atoms with Gasteiger partial charge in [0, 0.05) is 31.2 Å². The van der Waals surface area contributed by atoms with Crippen molar-refractivity contribution in [2.24, 2.45) is 5.92 Å². The summed E-state index contributed by atoms with van der Waals surface area (Å²) in [6, 6.07) is 5.49. The maximum Gasteiger partial charge on any atom is 0.251 e. The second-order valence-electron chi connectivity index (χ2n) is 6.64. The number of benzene rings is 1. The van der Waals surface area contributed by atoms with Crippen molar-refractivity contribution >= 4 is 5.91 Å². The van der Waals surface area contributed by atoms with E-state index in [2.05, 4.69) is 30.6 Å². The minimum absolute atomic E-state index is 0.113. The van der Waals surface area contributed by atoms with Crippen molar-refractivity contribution in [3.05, 3.63) is 36.4 Å². The lowest BCUT2D eigenvalue weighted by Crippen LogP contribution is -2.51. The van der Waals surface area contributed by atoms with E-state index in [-0.39, 0.29) is 5.91 Å². The summed E-state index contributed by atoms with van der Waals surface area (Å²) in [6.45, 7) is 12.3. The molecule has 1 heterocycles. The number of nitrogens with one attached hydrogen (secondary N) is 1. The van der Waals surface area contributed by atoms with Gasteiger partial charge >= 0.3 is 0 Å². The second-order valence-corrected chi connectivity index (χ2v) is 6.64. The monoisotopic (exact) mass is 362 g/mol. The van der Waals surface area contributed by atoms with E-state index in [4.69, 9.17) is 14.2 Å². The first-order valence-electron chi connectivity index (χ1n) is 9.08. The fraction of sp³-hybridized carbons (Fsp3) is 0.550. The molecule has 6 heteroatoms. The summed E-state index contributed by atoms with van der Waals surface area (Å²) < 4.78 is 16.3. The number of amides is 1. The number of rotatable bonds is 9. The van der Waals surface area contributed by atoms with Gasteiger partial charge < -0.3 is 19.5 Å². The third-order valence-electron chi connectivity index (χ3n) is 4.54. The van der Waals surface area contributed by atoms with Crippen LogP contribution in [-0.4, -0.2) is 63.4 Å². The summed E-state index contributed by atoms with van der Waals surface area (Å²) in [6.07, 6.45) is 1.66. The number of carbonyl (C=O) groups excluding carboxylic acids is 1. The van der Waals surface area contributed by atoms with Gasteiger partial charge in [-0.05, 0) is 24.1 Å². The summed E-state index contributed by atoms with van der Waals surface area (Å²) in [5.41, 5.74) is 0.553. The zero-order valence-electron chi connectivity index (χ0n) is 16.0. The highest BCUT2D eigenvalue weighted by Gasteiger charge is 2.24. The van der Waals surface area contributed by atoms with E-state index in [9.17, 15) is 4.79 Å². The topological polar surface area (TPSA) is 60.0 Å². The Bertz CT molecular complexity index is 597. The predicted molar refractivity (Wildman–Crippen MR) is 102 cm³/mol. The van der Waals surface area contributed by atoms with Gasteiger partial charge in [-0.3, -0.25) is 9.69 Å². The van der Waals surface area contributed by atoms with Crippen LogP contribution in [0.3, 0.4) is 0 Å². The Morgan fingerprint density at radius 1 is 1.35 bits per heavy atom. The van der Waals surface area contributed by atoms with E-state index in [1.165, 1.54) is 0 Å². The molecule has 0 bridgehead atoms. The average molecular weight is 362 g/mol. The van der Waals surface area contributed by atoms with E-state index in [1.807, 2.05) is 0 Å². The van der Waals surface area contributed by atoms with Gasteiger partial charge in [0.25, 0.3) is 5.91 Å². The number of carbonyl (C=O) groups is 1. The van der Waals surface area contributed by atoms with Gasteiger partial charge in [0.05, 0.1) is 20.3 Å². The Morgan fingerprint density at radius 2 is 2.08 bits per heavy atom. The van der Waals surface area contributed by atoms with Crippen LogP contribution in [-0.2, 0) is 4.74 Å². The number of hydrogen-bond acceptors (Lipinski definition) is 5. The van der Waals surface area contributed by atoms with E-state index in [1.54, 1.807) is 31.4 Å². The van der Waals surface area contributed by atoms with E-state index in [0.717, 1.165) is 26.3 Å². The molecule has 1 N–H and O–H groups in total. The maximum absolute atomic E-state index is 12.6. The van der Waals surface area contributed by atoms with Crippen LogP contribution in [0.1, 0.15) is 24.2 Å². The van der Waals surface area contributed by atoms with Gasteiger partial charge in [-0.2, -0.15) is 0 Å². The van der Waals surface area contributed by atoms with Gasteiger partial charge in [0.15, 0.2) is 11.5 Å².